The van der Waals surface area contributed by atoms with Crippen LogP contribution in [0.2, 0.25) is 0 Å². The highest BCUT2D eigenvalue weighted by molar-refractivity contribution is 5.26. The highest BCUT2D eigenvalue weighted by Crippen LogP contribution is 2.36. The number of aryl methyl sites for hydroxylation is 1. The summed E-state index contributed by atoms with van der Waals surface area (Å²) < 4.78 is 0. The Morgan fingerprint density at radius 1 is 1.06 bits per heavy atom. The lowest BCUT2D eigenvalue weighted by molar-refractivity contribution is 0.237. The predicted molar refractivity (Wildman–Crippen MR) is 80.9 cm³/mol. The highest BCUT2D eigenvalue weighted by atomic mass is 14.9. The lowest BCUT2D eigenvalue weighted by atomic mass is 9.78. The van der Waals surface area contributed by atoms with Gasteiger partial charge in [0.05, 0.1) is 0 Å². The van der Waals surface area contributed by atoms with E-state index in [1.165, 1.54) is 30.4 Å². The van der Waals surface area contributed by atoms with E-state index in [0.29, 0.717) is 11.5 Å². The van der Waals surface area contributed by atoms with Gasteiger partial charge in [0.15, 0.2) is 0 Å². The van der Waals surface area contributed by atoms with Crippen LogP contribution in [0, 0.1) is 5.41 Å². The molecule has 0 heterocycles. The van der Waals surface area contributed by atoms with Gasteiger partial charge >= 0.3 is 0 Å². The quantitative estimate of drug-likeness (QED) is 0.734. The maximum atomic E-state index is 3.64. The zero-order valence-electron chi connectivity index (χ0n) is 12.7. The molecule has 0 aliphatic heterocycles. The zero-order valence-corrected chi connectivity index (χ0v) is 12.7. The average Bonchev–Trinajstić information content (AvgIpc) is 2.37. The lowest BCUT2D eigenvalue weighted by Gasteiger charge is -2.34. The Bertz CT molecular complexity index is 337. The van der Waals surface area contributed by atoms with E-state index in [1.54, 1.807) is 0 Å². The minimum atomic E-state index is 0.294. The summed E-state index contributed by atoms with van der Waals surface area (Å²) in [6.45, 7) is 12.4. The molecule has 1 nitrogen and oxygen atoms in total. The van der Waals surface area contributed by atoms with E-state index in [0.717, 1.165) is 6.54 Å². The van der Waals surface area contributed by atoms with E-state index < -0.39 is 0 Å². The number of nitrogens with one attached hydrogen (secondary N) is 1. The molecule has 1 heteroatoms. The van der Waals surface area contributed by atoms with Crippen molar-refractivity contribution >= 4 is 0 Å². The molecule has 0 fully saturated rings. The molecular weight excluding hydrogens is 218 g/mol. The van der Waals surface area contributed by atoms with Crippen LogP contribution >= 0.6 is 0 Å². The van der Waals surface area contributed by atoms with Crippen molar-refractivity contribution in [2.75, 3.05) is 6.54 Å². The number of rotatable bonds is 7. The summed E-state index contributed by atoms with van der Waals surface area (Å²) in [5.41, 5.74) is 3.16. The van der Waals surface area contributed by atoms with Crippen molar-refractivity contribution in [2.24, 2.45) is 5.41 Å². The van der Waals surface area contributed by atoms with E-state index in [1.807, 2.05) is 0 Å². The van der Waals surface area contributed by atoms with Gasteiger partial charge in [-0.3, -0.25) is 0 Å². The van der Waals surface area contributed by atoms with Gasteiger partial charge in [-0.25, -0.2) is 0 Å². The van der Waals surface area contributed by atoms with Crippen LogP contribution in [0.1, 0.15) is 64.6 Å². The van der Waals surface area contributed by atoms with Crippen molar-refractivity contribution in [3.05, 3.63) is 35.4 Å². The molecule has 1 aromatic rings. The first-order chi connectivity index (χ1) is 8.55. The predicted octanol–water partition coefficient (Wildman–Crippen LogP) is 4.73. The van der Waals surface area contributed by atoms with Crippen LogP contribution in [0.3, 0.4) is 0 Å². The molecule has 0 spiro atoms. The maximum Gasteiger partial charge on any atom is 0.0371 e. The summed E-state index contributed by atoms with van der Waals surface area (Å²) in [5.74, 6) is 0. The third-order valence-electron chi connectivity index (χ3n) is 3.95. The van der Waals surface area contributed by atoms with E-state index in [-0.39, 0.29) is 0 Å². The lowest BCUT2D eigenvalue weighted by Crippen LogP contribution is -2.33. The fourth-order valence-corrected chi connectivity index (χ4v) is 2.42. The number of hydrogen-bond acceptors (Lipinski definition) is 1. The molecule has 1 unspecified atom stereocenters. The van der Waals surface area contributed by atoms with Gasteiger partial charge in [0.2, 0.25) is 0 Å². The standard InChI is InChI=1S/C17H29N/c1-6-9-14-10-12-15(13-11-14)16(18-8-3)17(4,5)7-2/h10-13,16,18H,6-9H2,1-5H3. The molecule has 1 atom stereocenters. The molecule has 0 aromatic heterocycles. The van der Waals surface area contributed by atoms with Gasteiger partial charge in [0.25, 0.3) is 0 Å². The average molecular weight is 247 g/mol. The Balaban J connectivity index is 2.92. The van der Waals surface area contributed by atoms with Gasteiger partial charge in [0, 0.05) is 6.04 Å². The summed E-state index contributed by atoms with van der Waals surface area (Å²) in [4.78, 5) is 0. The summed E-state index contributed by atoms with van der Waals surface area (Å²) in [6.07, 6.45) is 3.58. The Kier molecular flexibility index (Phi) is 5.87. The fraction of sp³-hybridized carbons (Fsp3) is 0.647. The summed E-state index contributed by atoms with van der Waals surface area (Å²) >= 11 is 0. The molecular formula is C17H29N. The molecule has 1 aromatic carbocycles. The van der Waals surface area contributed by atoms with Crippen molar-refractivity contribution in [1.82, 2.24) is 5.32 Å². The molecule has 1 N–H and O–H groups in total. The largest absolute Gasteiger partial charge is 0.310 e. The highest BCUT2D eigenvalue weighted by Gasteiger charge is 2.28. The van der Waals surface area contributed by atoms with Crippen molar-refractivity contribution < 1.29 is 0 Å². The van der Waals surface area contributed by atoms with E-state index in [2.05, 4.69) is 64.2 Å². The second-order valence-electron chi connectivity index (χ2n) is 5.82. The van der Waals surface area contributed by atoms with Crippen molar-refractivity contribution in [2.45, 2.75) is 59.9 Å². The minimum Gasteiger partial charge on any atom is -0.310 e. The van der Waals surface area contributed by atoms with Gasteiger partial charge in [-0.15, -0.1) is 0 Å². The van der Waals surface area contributed by atoms with Crippen LogP contribution < -0.4 is 5.32 Å². The van der Waals surface area contributed by atoms with Gasteiger partial charge in [-0.2, -0.15) is 0 Å². The molecule has 102 valence electrons. The first kappa shape index (κ1) is 15.2. The van der Waals surface area contributed by atoms with Crippen LogP contribution in [0.15, 0.2) is 24.3 Å². The normalized spacial score (nSPS) is 13.6. The smallest absolute Gasteiger partial charge is 0.0371 e. The van der Waals surface area contributed by atoms with E-state index in [4.69, 9.17) is 0 Å². The minimum absolute atomic E-state index is 0.294. The first-order valence-electron chi connectivity index (χ1n) is 7.37. The van der Waals surface area contributed by atoms with E-state index in [9.17, 15) is 0 Å². The van der Waals surface area contributed by atoms with Gasteiger partial charge < -0.3 is 5.32 Å². The SMILES string of the molecule is CCCc1ccc(C(NCC)C(C)(C)CC)cc1. The molecule has 0 amide bonds. The summed E-state index contributed by atoms with van der Waals surface area (Å²) in [5, 5.41) is 3.64. The number of hydrogen-bond donors (Lipinski definition) is 1. The molecule has 0 bridgehead atoms. The molecule has 0 saturated heterocycles. The van der Waals surface area contributed by atoms with Crippen molar-refractivity contribution in [1.29, 1.82) is 0 Å². The van der Waals surface area contributed by atoms with Crippen LogP contribution in [0.4, 0.5) is 0 Å². The molecule has 0 radical (unpaired) electrons. The Morgan fingerprint density at radius 3 is 2.11 bits per heavy atom. The van der Waals surface area contributed by atoms with Gasteiger partial charge in [-0.1, -0.05) is 65.3 Å². The topological polar surface area (TPSA) is 12.0 Å². The Labute approximate surface area is 113 Å². The monoisotopic (exact) mass is 247 g/mol. The van der Waals surface area contributed by atoms with E-state index >= 15 is 0 Å². The fourth-order valence-electron chi connectivity index (χ4n) is 2.42. The first-order valence-corrected chi connectivity index (χ1v) is 7.37. The maximum absolute atomic E-state index is 3.64. The zero-order chi connectivity index (χ0) is 13.6. The molecule has 0 aliphatic rings. The third-order valence-corrected chi connectivity index (χ3v) is 3.95. The van der Waals surface area contributed by atoms with Crippen molar-refractivity contribution in [3.8, 4) is 0 Å². The summed E-state index contributed by atoms with van der Waals surface area (Å²) in [7, 11) is 0. The summed E-state index contributed by atoms with van der Waals surface area (Å²) in [6, 6.07) is 9.62. The van der Waals surface area contributed by atoms with Gasteiger partial charge in [0.1, 0.15) is 0 Å². The molecule has 0 aliphatic carbocycles. The van der Waals surface area contributed by atoms with Crippen LogP contribution in [-0.4, -0.2) is 6.54 Å². The second kappa shape index (κ2) is 6.94. The molecule has 18 heavy (non-hydrogen) atoms. The Morgan fingerprint density at radius 2 is 1.67 bits per heavy atom. The molecule has 0 saturated carbocycles. The van der Waals surface area contributed by atoms with Crippen LogP contribution in [0.5, 0.6) is 0 Å². The van der Waals surface area contributed by atoms with Gasteiger partial charge in [-0.05, 0) is 35.9 Å². The van der Waals surface area contributed by atoms with Crippen LogP contribution in [-0.2, 0) is 6.42 Å². The third kappa shape index (κ3) is 3.84. The van der Waals surface area contributed by atoms with Crippen molar-refractivity contribution in [3.63, 3.8) is 0 Å². The number of benzene rings is 1. The Hall–Kier alpha value is -0.820. The molecule has 1 rings (SSSR count). The second-order valence-corrected chi connectivity index (χ2v) is 5.82. The van der Waals surface area contributed by atoms with Crippen LogP contribution in [0.25, 0.3) is 0 Å².